The van der Waals surface area contributed by atoms with E-state index in [1.165, 1.54) is 18.6 Å². The van der Waals surface area contributed by atoms with E-state index in [0.717, 1.165) is 56.4 Å². The predicted molar refractivity (Wildman–Crippen MR) is 117 cm³/mol. The number of amides is 1. The van der Waals surface area contributed by atoms with Crippen LogP contribution in [0.2, 0.25) is 0 Å². The molecule has 0 radical (unpaired) electrons. The molecule has 30 heavy (non-hydrogen) atoms. The van der Waals surface area contributed by atoms with Gasteiger partial charge in [-0.2, -0.15) is 0 Å². The van der Waals surface area contributed by atoms with E-state index >= 15 is 0 Å². The number of nitrogens with zero attached hydrogens (tertiary/aromatic N) is 2. The Balaban J connectivity index is 1.53. The van der Waals surface area contributed by atoms with Crippen molar-refractivity contribution in [3.05, 3.63) is 65.5 Å². The molecule has 1 heterocycles. The smallest absolute Gasteiger partial charge is 0.258 e. The summed E-state index contributed by atoms with van der Waals surface area (Å²) in [5.41, 5.74) is 2.53. The highest BCUT2D eigenvalue weighted by molar-refractivity contribution is 6.06. The molecule has 1 saturated carbocycles. The Morgan fingerprint density at radius 1 is 0.967 bits per heavy atom. The lowest BCUT2D eigenvalue weighted by molar-refractivity contribution is 0.00866. The van der Waals surface area contributed by atoms with Crippen LogP contribution < -0.4 is 4.90 Å². The van der Waals surface area contributed by atoms with Gasteiger partial charge in [-0.15, -0.1) is 0 Å². The van der Waals surface area contributed by atoms with E-state index in [0.29, 0.717) is 5.56 Å². The predicted octanol–water partition coefficient (Wildman–Crippen LogP) is 4.55. The van der Waals surface area contributed by atoms with Crippen LogP contribution in [0.1, 0.15) is 54.4 Å². The average Bonchev–Trinajstić information content (AvgIpc) is 2.77. The Labute approximate surface area is 178 Å². The first-order chi connectivity index (χ1) is 14.5. The summed E-state index contributed by atoms with van der Waals surface area (Å²) in [5, 5.41) is 10.4. The molecule has 1 aliphatic heterocycles. The third-order valence-electron chi connectivity index (χ3n) is 6.65. The number of aliphatic hydroxyl groups is 1. The van der Waals surface area contributed by atoms with Crippen molar-refractivity contribution in [1.29, 1.82) is 0 Å². The molecule has 0 bridgehead atoms. The molecule has 0 spiro atoms. The molecule has 2 aromatic rings. The summed E-state index contributed by atoms with van der Waals surface area (Å²) in [6, 6.07) is 14.2. The summed E-state index contributed by atoms with van der Waals surface area (Å²) in [7, 11) is 0. The van der Waals surface area contributed by atoms with Crippen LogP contribution in [-0.4, -0.2) is 47.2 Å². The summed E-state index contributed by atoms with van der Waals surface area (Å²) in [6.45, 7) is 3.79. The second-order valence-electron chi connectivity index (χ2n) is 8.70. The fourth-order valence-corrected chi connectivity index (χ4v) is 4.92. The third-order valence-corrected chi connectivity index (χ3v) is 6.65. The van der Waals surface area contributed by atoms with Crippen molar-refractivity contribution in [3.8, 4) is 0 Å². The van der Waals surface area contributed by atoms with E-state index < -0.39 is 0 Å². The Bertz CT molecular complexity index is 844. The molecule has 1 amide bonds. The zero-order valence-electron chi connectivity index (χ0n) is 17.6. The van der Waals surface area contributed by atoms with Gasteiger partial charge in [0.05, 0.1) is 6.10 Å². The van der Waals surface area contributed by atoms with Crippen molar-refractivity contribution in [1.82, 2.24) is 4.90 Å². The van der Waals surface area contributed by atoms with E-state index in [9.17, 15) is 14.3 Å². The molecular weight excluding hydrogens is 379 g/mol. The first-order valence-electron chi connectivity index (χ1n) is 11.1. The van der Waals surface area contributed by atoms with Gasteiger partial charge in [0.25, 0.3) is 5.91 Å². The summed E-state index contributed by atoms with van der Waals surface area (Å²) >= 11 is 0. The lowest BCUT2D eigenvalue weighted by Gasteiger charge is -2.44. The van der Waals surface area contributed by atoms with Crippen LogP contribution in [0.15, 0.2) is 48.5 Å². The molecule has 160 valence electrons. The summed E-state index contributed by atoms with van der Waals surface area (Å²) in [4.78, 5) is 17.7. The zero-order chi connectivity index (χ0) is 21.1. The fourth-order valence-electron chi connectivity index (χ4n) is 4.92. The van der Waals surface area contributed by atoms with Gasteiger partial charge >= 0.3 is 0 Å². The number of aliphatic hydroxyl groups excluding tert-OH is 1. The van der Waals surface area contributed by atoms with Gasteiger partial charge < -0.3 is 10.0 Å². The Kier molecular flexibility index (Phi) is 6.49. The second-order valence-corrected chi connectivity index (χ2v) is 8.70. The number of carbonyl (C=O) groups excluding carboxylic acids is 1. The van der Waals surface area contributed by atoms with Gasteiger partial charge in [-0.1, -0.05) is 30.5 Å². The molecule has 2 fully saturated rings. The van der Waals surface area contributed by atoms with E-state index in [4.69, 9.17) is 0 Å². The van der Waals surface area contributed by atoms with Crippen LogP contribution in [0.5, 0.6) is 0 Å². The summed E-state index contributed by atoms with van der Waals surface area (Å²) in [6.07, 6.45) is 5.74. The number of likely N-dealkylation sites (tertiary alicyclic amines) is 1. The number of hydrogen-bond donors (Lipinski definition) is 1. The molecule has 2 atom stereocenters. The molecular formula is C25H31FN2O2. The van der Waals surface area contributed by atoms with Gasteiger partial charge in [-0.05, 0) is 69.0 Å². The molecule has 1 N–H and O–H groups in total. The zero-order valence-corrected chi connectivity index (χ0v) is 17.6. The van der Waals surface area contributed by atoms with E-state index in [-0.39, 0.29) is 29.9 Å². The highest BCUT2D eigenvalue weighted by atomic mass is 19.1. The van der Waals surface area contributed by atoms with E-state index in [1.807, 2.05) is 36.1 Å². The van der Waals surface area contributed by atoms with E-state index in [2.05, 4.69) is 4.90 Å². The second kappa shape index (κ2) is 9.27. The number of hydrogen-bond acceptors (Lipinski definition) is 3. The van der Waals surface area contributed by atoms with Crippen molar-refractivity contribution >= 4 is 11.6 Å². The van der Waals surface area contributed by atoms with Crippen LogP contribution in [-0.2, 0) is 0 Å². The topological polar surface area (TPSA) is 43.8 Å². The first-order valence-corrected chi connectivity index (χ1v) is 11.1. The third kappa shape index (κ3) is 4.57. The molecule has 2 aliphatic rings. The lowest BCUT2D eigenvalue weighted by Crippen LogP contribution is -2.53. The SMILES string of the molecule is Cc1ccc(N(C(=O)c2ccc(F)cc2)C2CCN([C@@H]3CCCC[C@H]3O)CC2)cc1. The van der Waals surface area contributed by atoms with Crippen molar-refractivity contribution < 1.29 is 14.3 Å². The maximum Gasteiger partial charge on any atom is 0.258 e. The minimum atomic E-state index is -0.340. The molecule has 2 aromatic carbocycles. The molecule has 1 saturated heterocycles. The lowest BCUT2D eigenvalue weighted by atomic mass is 9.89. The maximum absolute atomic E-state index is 13.4. The number of piperidine rings is 1. The Hall–Kier alpha value is -2.24. The minimum Gasteiger partial charge on any atom is -0.391 e. The molecule has 1 aliphatic carbocycles. The van der Waals surface area contributed by atoms with Gasteiger partial charge in [0.1, 0.15) is 5.82 Å². The van der Waals surface area contributed by atoms with Crippen LogP contribution in [0.25, 0.3) is 0 Å². The standard InChI is InChI=1S/C25H31FN2O2/c1-18-6-12-21(13-7-18)28(25(30)19-8-10-20(26)11-9-19)22-14-16-27(17-15-22)23-4-2-3-5-24(23)29/h6-13,22-24,29H,2-5,14-17H2,1H3/t23-,24-/m1/s1. The quantitative estimate of drug-likeness (QED) is 0.804. The maximum atomic E-state index is 13.4. The number of rotatable bonds is 4. The van der Waals surface area contributed by atoms with Gasteiger partial charge in [-0.25, -0.2) is 4.39 Å². The number of halogens is 1. The number of aryl methyl sites for hydroxylation is 1. The largest absolute Gasteiger partial charge is 0.391 e. The molecule has 0 unspecified atom stereocenters. The summed E-state index contributed by atoms with van der Waals surface area (Å²) < 4.78 is 13.4. The van der Waals surface area contributed by atoms with Crippen LogP contribution >= 0.6 is 0 Å². The van der Waals surface area contributed by atoms with Crippen molar-refractivity contribution in [3.63, 3.8) is 0 Å². The average molecular weight is 411 g/mol. The minimum absolute atomic E-state index is 0.0854. The molecule has 0 aromatic heterocycles. The van der Waals surface area contributed by atoms with Gasteiger partial charge in [0.15, 0.2) is 0 Å². The molecule has 5 heteroatoms. The van der Waals surface area contributed by atoms with Gasteiger partial charge in [-0.3, -0.25) is 9.69 Å². The van der Waals surface area contributed by atoms with Crippen LogP contribution in [0, 0.1) is 12.7 Å². The Morgan fingerprint density at radius 3 is 2.23 bits per heavy atom. The number of benzene rings is 2. The van der Waals surface area contributed by atoms with Gasteiger partial charge in [0.2, 0.25) is 0 Å². The Morgan fingerprint density at radius 2 is 1.60 bits per heavy atom. The first kappa shape index (κ1) is 21.0. The van der Waals surface area contributed by atoms with Crippen LogP contribution in [0.4, 0.5) is 10.1 Å². The molecule has 4 rings (SSSR count). The highest BCUT2D eigenvalue weighted by Gasteiger charge is 2.35. The van der Waals surface area contributed by atoms with Crippen molar-refractivity contribution in [2.45, 2.75) is 63.6 Å². The summed E-state index contributed by atoms with van der Waals surface area (Å²) in [5.74, 6) is -0.428. The van der Waals surface area contributed by atoms with Crippen molar-refractivity contribution in [2.24, 2.45) is 0 Å². The van der Waals surface area contributed by atoms with Crippen molar-refractivity contribution in [2.75, 3.05) is 18.0 Å². The monoisotopic (exact) mass is 410 g/mol. The normalized spacial score (nSPS) is 23.3. The van der Waals surface area contributed by atoms with E-state index in [1.54, 1.807) is 12.1 Å². The van der Waals surface area contributed by atoms with Gasteiger partial charge in [0, 0.05) is 36.4 Å². The number of anilines is 1. The number of carbonyl (C=O) groups is 1. The highest BCUT2D eigenvalue weighted by Crippen LogP contribution is 2.30. The van der Waals surface area contributed by atoms with Crippen LogP contribution in [0.3, 0.4) is 0 Å². The molecule has 4 nitrogen and oxygen atoms in total. The fraction of sp³-hybridized carbons (Fsp3) is 0.480.